The van der Waals surface area contributed by atoms with Gasteiger partial charge in [0.1, 0.15) is 6.04 Å². The van der Waals surface area contributed by atoms with Gasteiger partial charge in [-0.1, -0.05) is 24.8 Å². The fourth-order valence-electron chi connectivity index (χ4n) is 2.53. The van der Waals surface area contributed by atoms with Crippen LogP contribution in [-0.2, 0) is 9.59 Å². The van der Waals surface area contributed by atoms with Crippen LogP contribution in [0.25, 0.3) is 0 Å². The molecule has 1 aromatic carbocycles. The maximum Gasteiger partial charge on any atom is 0.243 e. The Labute approximate surface area is 125 Å². The summed E-state index contributed by atoms with van der Waals surface area (Å²) in [6.07, 6.45) is 3.09. The number of nitrogens with one attached hydrogen (secondary N) is 2. The number of anilines is 1. The van der Waals surface area contributed by atoms with E-state index in [-0.39, 0.29) is 17.9 Å². The Morgan fingerprint density at radius 3 is 2.67 bits per heavy atom. The number of carbonyl (C=O) groups excluding carboxylic acids is 2. The van der Waals surface area contributed by atoms with Crippen LogP contribution in [0.4, 0.5) is 5.69 Å². The quantitative estimate of drug-likeness (QED) is 0.608. The van der Waals surface area contributed by atoms with Gasteiger partial charge < -0.3 is 15.5 Å². The molecule has 2 N–H and O–H groups in total. The van der Waals surface area contributed by atoms with E-state index in [0.717, 1.165) is 25.1 Å². The highest BCUT2D eigenvalue weighted by molar-refractivity contribution is 5.87. The molecule has 1 unspecified atom stereocenters. The summed E-state index contributed by atoms with van der Waals surface area (Å²) in [6.45, 7) is 5.11. The van der Waals surface area contributed by atoms with Crippen molar-refractivity contribution in [2.75, 3.05) is 24.5 Å². The van der Waals surface area contributed by atoms with Gasteiger partial charge in [0, 0.05) is 25.3 Å². The maximum absolute atomic E-state index is 12.3. The lowest BCUT2D eigenvalue weighted by Crippen LogP contribution is -2.45. The van der Waals surface area contributed by atoms with Crippen molar-refractivity contribution in [2.45, 2.75) is 18.9 Å². The molecule has 0 spiro atoms. The van der Waals surface area contributed by atoms with Crippen LogP contribution in [0.2, 0.25) is 0 Å². The first kappa shape index (κ1) is 15.1. The van der Waals surface area contributed by atoms with Gasteiger partial charge in [-0.3, -0.25) is 9.59 Å². The molecule has 1 heterocycles. The minimum atomic E-state index is -0.226. The van der Waals surface area contributed by atoms with Gasteiger partial charge in [-0.15, -0.1) is 0 Å². The minimum absolute atomic E-state index is 0.0178. The zero-order valence-corrected chi connectivity index (χ0v) is 12.0. The average Bonchev–Trinajstić information content (AvgIpc) is 3.01. The van der Waals surface area contributed by atoms with Gasteiger partial charge in [0.25, 0.3) is 0 Å². The van der Waals surface area contributed by atoms with E-state index in [1.165, 1.54) is 6.08 Å². The number of hydrogen-bond donors (Lipinski definition) is 2. The van der Waals surface area contributed by atoms with Crippen LogP contribution in [0.1, 0.15) is 12.8 Å². The summed E-state index contributed by atoms with van der Waals surface area (Å²) >= 11 is 0. The topological polar surface area (TPSA) is 61.4 Å². The summed E-state index contributed by atoms with van der Waals surface area (Å²) < 4.78 is 0. The second-order valence-electron chi connectivity index (χ2n) is 4.97. The highest BCUT2D eigenvalue weighted by Crippen LogP contribution is 2.25. The van der Waals surface area contributed by atoms with Crippen molar-refractivity contribution >= 4 is 17.5 Å². The Balaban J connectivity index is 1.84. The lowest BCUT2D eigenvalue weighted by atomic mass is 10.2. The first-order chi connectivity index (χ1) is 10.2. The molecule has 2 rings (SSSR count). The Morgan fingerprint density at radius 2 is 1.95 bits per heavy atom. The molecule has 21 heavy (non-hydrogen) atoms. The number of carbonyl (C=O) groups is 2. The zero-order valence-electron chi connectivity index (χ0n) is 12.0. The van der Waals surface area contributed by atoms with Gasteiger partial charge in [-0.2, -0.15) is 0 Å². The van der Waals surface area contributed by atoms with E-state index in [0.29, 0.717) is 13.1 Å². The fraction of sp³-hybridized carbons (Fsp3) is 0.375. The lowest BCUT2D eigenvalue weighted by Gasteiger charge is -2.26. The van der Waals surface area contributed by atoms with E-state index in [2.05, 4.69) is 22.1 Å². The second kappa shape index (κ2) is 7.47. The monoisotopic (exact) mass is 287 g/mol. The first-order valence-corrected chi connectivity index (χ1v) is 7.22. The molecule has 1 saturated heterocycles. The molecule has 1 aromatic rings. The number of amides is 2. The number of para-hydroxylation sites is 1. The number of benzene rings is 1. The van der Waals surface area contributed by atoms with Crippen molar-refractivity contribution in [3.63, 3.8) is 0 Å². The molecule has 112 valence electrons. The van der Waals surface area contributed by atoms with Crippen LogP contribution < -0.4 is 15.5 Å². The standard InChI is InChI=1S/C16H21N3O2/c1-2-15(20)17-10-11-18-16(21)14-9-6-12-19(14)13-7-4-3-5-8-13/h2-5,7-8,14H,1,6,9-12H2,(H,17,20)(H,18,21). The predicted octanol–water partition coefficient (Wildman–Crippen LogP) is 1.07. The summed E-state index contributed by atoms with van der Waals surface area (Å²) in [7, 11) is 0. The molecule has 1 fully saturated rings. The van der Waals surface area contributed by atoms with Crippen LogP contribution >= 0.6 is 0 Å². The predicted molar refractivity (Wildman–Crippen MR) is 83.0 cm³/mol. The minimum Gasteiger partial charge on any atom is -0.360 e. The summed E-state index contributed by atoms with van der Waals surface area (Å²) in [5, 5.41) is 5.51. The molecule has 1 aliphatic rings. The van der Waals surface area contributed by atoms with Gasteiger partial charge >= 0.3 is 0 Å². The van der Waals surface area contributed by atoms with E-state index in [1.54, 1.807) is 0 Å². The Hall–Kier alpha value is -2.30. The van der Waals surface area contributed by atoms with Gasteiger partial charge in [0.05, 0.1) is 0 Å². The van der Waals surface area contributed by atoms with E-state index in [1.807, 2.05) is 30.3 Å². The molecule has 0 bridgehead atoms. The molecule has 5 heteroatoms. The number of rotatable bonds is 6. The molecule has 0 saturated carbocycles. The third kappa shape index (κ3) is 4.08. The average molecular weight is 287 g/mol. The molecule has 1 aliphatic heterocycles. The van der Waals surface area contributed by atoms with Crippen molar-refractivity contribution in [1.82, 2.24) is 10.6 Å². The number of nitrogens with zero attached hydrogens (tertiary/aromatic N) is 1. The smallest absolute Gasteiger partial charge is 0.243 e. The van der Waals surface area contributed by atoms with Gasteiger partial charge in [-0.05, 0) is 31.1 Å². The van der Waals surface area contributed by atoms with Crippen molar-refractivity contribution in [2.24, 2.45) is 0 Å². The van der Waals surface area contributed by atoms with Crippen molar-refractivity contribution in [3.05, 3.63) is 43.0 Å². The maximum atomic E-state index is 12.3. The second-order valence-corrected chi connectivity index (χ2v) is 4.97. The van der Waals surface area contributed by atoms with Crippen LogP contribution in [-0.4, -0.2) is 37.5 Å². The molecular weight excluding hydrogens is 266 g/mol. The van der Waals surface area contributed by atoms with Crippen LogP contribution in [0.5, 0.6) is 0 Å². The van der Waals surface area contributed by atoms with E-state index >= 15 is 0 Å². The fourth-order valence-corrected chi connectivity index (χ4v) is 2.53. The van der Waals surface area contributed by atoms with Crippen molar-refractivity contribution in [1.29, 1.82) is 0 Å². The largest absolute Gasteiger partial charge is 0.360 e. The SMILES string of the molecule is C=CC(=O)NCCNC(=O)C1CCCN1c1ccccc1. The molecule has 0 aromatic heterocycles. The molecule has 1 atom stereocenters. The highest BCUT2D eigenvalue weighted by atomic mass is 16.2. The third-order valence-corrected chi connectivity index (χ3v) is 3.55. The summed E-state index contributed by atoms with van der Waals surface area (Å²) in [6, 6.07) is 9.85. The molecular formula is C16H21N3O2. The molecule has 0 aliphatic carbocycles. The van der Waals surface area contributed by atoms with Gasteiger partial charge in [0.2, 0.25) is 11.8 Å². The van der Waals surface area contributed by atoms with E-state index in [9.17, 15) is 9.59 Å². The Bertz CT molecular complexity index is 502. The lowest BCUT2D eigenvalue weighted by molar-refractivity contribution is -0.122. The zero-order chi connectivity index (χ0) is 15.1. The van der Waals surface area contributed by atoms with E-state index < -0.39 is 0 Å². The summed E-state index contributed by atoms with van der Waals surface area (Å²) in [4.78, 5) is 25.4. The molecule has 5 nitrogen and oxygen atoms in total. The Kier molecular flexibility index (Phi) is 5.37. The normalized spacial score (nSPS) is 17.3. The van der Waals surface area contributed by atoms with Crippen molar-refractivity contribution < 1.29 is 9.59 Å². The summed E-state index contributed by atoms with van der Waals surface area (Å²) in [5.41, 5.74) is 1.08. The molecule has 2 amide bonds. The first-order valence-electron chi connectivity index (χ1n) is 7.22. The summed E-state index contributed by atoms with van der Waals surface area (Å²) in [5.74, 6) is -0.208. The van der Waals surface area contributed by atoms with E-state index in [4.69, 9.17) is 0 Å². The van der Waals surface area contributed by atoms with Crippen LogP contribution in [0.3, 0.4) is 0 Å². The Morgan fingerprint density at radius 1 is 1.24 bits per heavy atom. The van der Waals surface area contributed by atoms with Crippen LogP contribution in [0.15, 0.2) is 43.0 Å². The third-order valence-electron chi connectivity index (χ3n) is 3.55. The van der Waals surface area contributed by atoms with Crippen LogP contribution in [0, 0.1) is 0 Å². The number of hydrogen-bond acceptors (Lipinski definition) is 3. The van der Waals surface area contributed by atoms with Crippen molar-refractivity contribution in [3.8, 4) is 0 Å². The van der Waals surface area contributed by atoms with Gasteiger partial charge in [0.15, 0.2) is 0 Å². The highest BCUT2D eigenvalue weighted by Gasteiger charge is 2.30. The van der Waals surface area contributed by atoms with Gasteiger partial charge in [-0.25, -0.2) is 0 Å². The molecule has 0 radical (unpaired) electrons.